The molecule has 0 spiro atoms. The minimum absolute atomic E-state index is 0.122. The summed E-state index contributed by atoms with van der Waals surface area (Å²) in [6, 6.07) is 3.17. The molecule has 19 heavy (non-hydrogen) atoms. The van der Waals surface area contributed by atoms with E-state index in [1.54, 1.807) is 17.2 Å². The van der Waals surface area contributed by atoms with Crippen molar-refractivity contribution in [3.63, 3.8) is 0 Å². The zero-order valence-electron chi connectivity index (χ0n) is 11.3. The van der Waals surface area contributed by atoms with Crippen molar-refractivity contribution in [3.05, 3.63) is 28.7 Å². The number of rotatable bonds is 7. The molecular weight excluding hydrogens is 248 g/mol. The zero-order valence-corrected chi connectivity index (χ0v) is 11.3. The molecule has 1 aromatic heterocycles. The van der Waals surface area contributed by atoms with Crippen LogP contribution < -0.4 is 10.3 Å². The van der Waals surface area contributed by atoms with Crippen LogP contribution in [-0.4, -0.2) is 46.8 Å². The van der Waals surface area contributed by atoms with Crippen LogP contribution in [0.5, 0.6) is 5.75 Å². The predicted octanol–water partition coefficient (Wildman–Crippen LogP) is 0.0878. The number of aliphatic hydroxyl groups is 1. The first kappa shape index (κ1) is 15.2. The van der Waals surface area contributed by atoms with Gasteiger partial charge in [0.25, 0.3) is 11.5 Å². The SMILES string of the molecule is CCN(CC)C(=O)COc1cccn(CCO)c1=O. The number of aromatic nitrogens is 1. The number of amides is 1. The molecule has 0 fully saturated rings. The summed E-state index contributed by atoms with van der Waals surface area (Å²) < 4.78 is 6.61. The first-order valence-electron chi connectivity index (χ1n) is 6.34. The van der Waals surface area contributed by atoms with Gasteiger partial charge in [-0.1, -0.05) is 0 Å². The van der Waals surface area contributed by atoms with Crippen molar-refractivity contribution in [1.82, 2.24) is 9.47 Å². The van der Waals surface area contributed by atoms with Crippen LogP contribution in [0.1, 0.15) is 13.8 Å². The summed E-state index contributed by atoms with van der Waals surface area (Å²) >= 11 is 0. The highest BCUT2D eigenvalue weighted by molar-refractivity contribution is 5.77. The third-order valence-electron chi connectivity index (χ3n) is 2.79. The monoisotopic (exact) mass is 268 g/mol. The second-order valence-corrected chi connectivity index (χ2v) is 3.95. The Morgan fingerprint density at radius 2 is 2.11 bits per heavy atom. The molecule has 6 heteroatoms. The van der Waals surface area contributed by atoms with Gasteiger partial charge in [0.1, 0.15) is 0 Å². The van der Waals surface area contributed by atoms with E-state index in [2.05, 4.69) is 0 Å². The maximum absolute atomic E-state index is 11.9. The number of likely N-dealkylation sites (N-methyl/N-ethyl adjacent to an activating group) is 1. The van der Waals surface area contributed by atoms with E-state index < -0.39 is 0 Å². The van der Waals surface area contributed by atoms with Crippen LogP contribution in [-0.2, 0) is 11.3 Å². The van der Waals surface area contributed by atoms with E-state index in [1.807, 2.05) is 13.8 Å². The summed E-state index contributed by atoms with van der Waals surface area (Å²) in [4.78, 5) is 25.3. The van der Waals surface area contributed by atoms with Crippen LogP contribution in [0.3, 0.4) is 0 Å². The Bertz CT molecular complexity index is 466. The van der Waals surface area contributed by atoms with E-state index in [0.29, 0.717) is 13.1 Å². The van der Waals surface area contributed by atoms with Gasteiger partial charge in [-0.2, -0.15) is 0 Å². The summed E-state index contributed by atoms with van der Waals surface area (Å²) in [5.41, 5.74) is -0.344. The lowest BCUT2D eigenvalue weighted by Gasteiger charge is -2.18. The molecule has 106 valence electrons. The summed E-state index contributed by atoms with van der Waals surface area (Å²) in [7, 11) is 0. The minimum atomic E-state index is -0.344. The second-order valence-electron chi connectivity index (χ2n) is 3.95. The highest BCUT2D eigenvalue weighted by Crippen LogP contribution is 2.02. The molecule has 1 heterocycles. The average Bonchev–Trinajstić information content (AvgIpc) is 2.41. The van der Waals surface area contributed by atoms with E-state index in [4.69, 9.17) is 9.84 Å². The van der Waals surface area contributed by atoms with Gasteiger partial charge in [-0.15, -0.1) is 0 Å². The Hall–Kier alpha value is -1.82. The first-order chi connectivity index (χ1) is 9.13. The lowest BCUT2D eigenvalue weighted by atomic mass is 10.4. The number of aliphatic hydroxyl groups excluding tert-OH is 1. The zero-order chi connectivity index (χ0) is 14.3. The average molecular weight is 268 g/mol. The number of hydrogen-bond acceptors (Lipinski definition) is 4. The Morgan fingerprint density at radius 1 is 1.42 bits per heavy atom. The van der Waals surface area contributed by atoms with E-state index >= 15 is 0 Å². The molecule has 6 nitrogen and oxygen atoms in total. The second kappa shape index (κ2) is 7.58. The number of ether oxygens (including phenoxy) is 1. The molecular formula is C13H20N2O4. The molecule has 0 aliphatic carbocycles. The number of hydrogen-bond donors (Lipinski definition) is 1. The Balaban J connectivity index is 2.70. The highest BCUT2D eigenvalue weighted by Gasteiger charge is 2.11. The number of nitrogens with zero attached hydrogens (tertiary/aromatic N) is 2. The third kappa shape index (κ3) is 4.10. The van der Waals surface area contributed by atoms with E-state index in [9.17, 15) is 9.59 Å². The van der Waals surface area contributed by atoms with Gasteiger partial charge in [0, 0.05) is 25.8 Å². The van der Waals surface area contributed by atoms with Crippen molar-refractivity contribution >= 4 is 5.91 Å². The Morgan fingerprint density at radius 3 is 2.68 bits per heavy atom. The van der Waals surface area contributed by atoms with Crippen molar-refractivity contribution in [2.75, 3.05) is 26.3 Å². The maximum Gasteiger partial charge on any atom is 0.292 e. The summed E-state index contributed by atoms with van der Waals surface area (Å²) in [5.74, 6) is -0.0292. The van der Waals surface area contributed by atoms with Gasteiger partial charge in [0.05, 0.1) is 6.61 Å². The van der Waals surface area contributed by atoms with Gasteiger partial charge in [-0.25, -0.2) is 0 Å². The van der Waals surface area contributed by atoms with Gasteiger partial charge < -0.3 is 19.3 Å². The smallest absolute Gasteiger partial charge is 0.292 e. The first-order valence-corrected chi connectivity index (χ1v) is 6.34. The van der Waals surface area contributed by atoms with Crippen LogP contribution in [0, 0.1) is 0 Å². The van der Waals surface area contributed by atoms with Gasteiger partial charge in [-0.3, -0.25) is 9.59 Å². The van der Waals surface area contributed by atoms with Gasteiger partial charge >= 0.3 is 0 Å². The molecule has 0 unspecified atom stereocenters. The molecule has 1 rings (SSSR count). The lowest BCUT2D eigenvalue weighted by molar-refractivity contribution is -0.133. The number of carbonyl (C=O) groups excluding carboxylic acids is 1. The van der Waals surface area contributed by atoms with Crippen molar-refractivity contribution in [2.45, 2.75) is 20.4 Å². The number of carbonyl (C=O) groups is 1. The molecule has 0 aliphatic heterocycles. The molecule has 0 aromatic carbocycles. The van der Waals surface area contributed by atoms with Gasteiger partial charge in [0.15, 0.2) is 12.4 Å². The Labute approximate surface area is 112 Å². The predicted molar refractivity (Wildman–Crippen MR) is 71.2 cm³/mol. The molecule has 1 amide bonds. The molecule has 0 radical (unpaired) electrons. The Kier molecular flexibility index (Phi) is 6.08. The summed E-state index contributed by atoms with van der Waals surface area (Å²) in [5, 5.41) is 8.83. The molecule has 0 saturated heterocycles. The lowest BCUT2D eigenvalue weighted by Crippen LogP contribution is -2.35. The van der Waals surface area contributed by atoms with Gasteiger partial charge in [0.2, 0.25) is 0 Å². The molecule has 0 bridgehead atoms. The maximum atomic E-state index is 11.9. The van der Waals surface area contributed by atoms with Crippen molar-refractivity contribution in [3.8, 4) is 5.75 Å². The quantitative estimate of drug-likeness (QED) is 0.760. The third-order valence-corrected chi connectivity index (χ3v) is 2.79. The molecule has 0 atom stereocenters. The van der Waals surface area contributed by atoms with Crippen molar-refractivity contribution < 1.29 is 14.6 Å². The van der Waals surface area contributed by atoms with Crippen molar-refractivity contribution in [2.24, 2.45) is 0 Å². The topological polar surface area (TPSA) is 71.8 Å². The fraction of sp³-hybridized carbons (Fsp3) is 0.538. The molecule has 1 aromatic rings. The fourth-order valence-electron chi connectivity index (χ4n) is 1.72. The van der Waals surface area contributed by atoms with Crippen LogP contribution in [0.2, 0.25) is 0 Å². The van der Waals surface area contributed by atoms with Crippen LogP contribution in [0.4, 0.5) is 0 Å². The van der Waals surface area contributed by atoms with Gasteiger partial charge in [-0.05, 0) is 26.0 Å². The van der Waals surface area contributed by atoms with Crippen LogP contribution in [0.15, 0.2) is 23.1 Å². The molecule has 0 saturated carbocycles. The van der Waals surface area contributed by atoms with Crippen LogP contribution >= 0.6 is 0 Å². The summed E-state index contributed by atoms with van der Waals surface area (Å²) in [6.07, 6.45) is 1.57. The normalized spacial score (nSPS) is 10.3. The number of pyridine rings is 1. The van der Waals surface area contributed by atoms with E-state index in [1.165, 1.54) is 10.6 Å². The largest absolute Gasteiger partial charge is 0.478 e. The van der Waals surface area contributed by atoms with E-state index in [-0.39, 0.29) is 37.0 Å². The molecule has 0 aliphatic rings. The van der Waals surface area contributed by atoms with E-state index in [0.717, 1.165) is 0 Å². The molecule has 1 N–H and O–H groups in total. The summed E-state index contributed by atoms with van der Waals surface area (Å²) in [6.45, 7) is 4.93. The highest BCUT2D eigenvalue weighted by atomic mass is 16.5. The standard InChI is InChI=1S/C13H20N2O4/c1-3-14(4-2)12(17)10-19-11-6-5-7-15(8-9-16)13(11)18/h5-7,16H,3-4,8-10H2,1-2H3. The van der Waals surface area contributed by atoms with Crippen molar-refractivity contribution in [1.29, 1.82) is 0 Å². The minimum Gasteiger partial charge on any atom is -0.478 e. The van der Waals surface area contributed by atoms with Crippen LogP contribution in [0.25, 0.3) is 0 Å². The fourth-order valence-corrected chi connectivity index (χ4v) is 1.72.